The Morgan fingerprint density at radius 3 is 2.45 bits per heavy atom. The Morgan fingerprint density at radius 2 is 1.79 bits per heavy atom. The van der Waals surface area contributed by atoms with E-state index in [0.717, 1.165) is 18.2 Å². The van der Waals surface area contributed by atoms with E-state index in [-0.39, 0.29) is 11.5 Å². The molecule has 0 radical (unpaired) electrons. The van der Waals surface area contributed by atoms with Crippen LogP contribution in [-0.2, 0) is 6.18 Å². The number of alkyl halides is 3. The van der Waals surface area contributed by atoms with Crippen molar-refractivity contribution < 1.29 is 27.1 Å². The van der Waals surface area contributed by atoms with Gasteiger partial charge in [0, 0.05) is 50.2 Å². The summed E-state index contributed by atoms with van der Waals surface area (Å²) in [7, 11) is 0. The number of hydrogen-bond acceptors (Lipinski definition) is 7. The lowest BCUT2D eigenvalue weighted by Crippen LogP contribution is -2.51. The molecule has 1 saturated heterocycles. The van der Waals surface area contributed by atoms with Gasteiger partial charge in [-0.25, -0.2) is 18.8 Å². The van der Waals surface area contributed by atoms with Crippen molar-refractivity contribution >= 4 is 17.8 Å². The van der Waals surface area contributed by atoms with E-state index in [9.17, 15) is 27.1 Å². The molecule has 1 unspecified atom stereocenters. The fourth-order valence-corrected chi connectivity index (χ4v) is 3.75. The van der Waals surface area contributed by atoms with Crippen LogP contribution >= 0.6 is 0 Å². The van der Waals surface area contributed by atoms with E-state index in [1.54, 1.807) is 11.0 Å². The van der Waals surface area contributed by atoms with Crippen LogP contribution in [0.2, 0.25) is 0 Å². The molecule has 1 aromatic carbocycles. The Morgan fingerprint density at radius 1 is 1.06 bits per heavy atom. The molecule has 12 heteroatoms. The fraction of sp³-hybridized carbons (Fsp3) is 0.333. The van der Waals surface area contributed by atoms with Gasteiger partial charge in [-0.05, 0) is 24.3 Å². The number of anilines is 2. The van der Waals surface area contributed by atoms with Gasteiger partial charge in [-0.15, -0.1) is 0 Å². The summed E-state index contributed by atoms with van der Waals surface area (Å²) >= 11 is 0. The highest BCUT2D eigenvalue weighted by atomic mass is 19.4. The van der Waals surface area contributed by atoms with Crippen molar-refractivity contribution in [1.82, 2.24) is 15.2 Å². The van der Waals surface area contributed by atoms with E-state index in [2.05, 4.69) is 20.6 Å². The normalized spacial score (nSPS) is 21.0. The number of aliphatic imine (C=N–C) groups is 1. The van der Waals surface area contributed by atoms with Gasteiger partial charge in [0.05, 0.1) is 18.5 Å². The number of hydrogen-bond donors (Lipinski definition) is 3. The van der Waals surface area contributed by atoms with Crippen LogP contribution in [0.1, 0.15) is 5.56 Å². The molecule has 2 aliphatic rings. The van der Waals surface area contributed by atoms with Crippen molar-refractivity contribution in [3.05, 3.63) is 65.6 Å². The maximum absolute atomic E-state index is 13.6. The van der Waals surface area contributed by atoms with E-state index >= 15 is 0 Å². The van der Waals surface area contributed by atoms with Gasteiger partial charge in [-0.2, -0.15) is 13.2 Å². The van der Waals surface area contributed by atoms with Gasteiger partial charge in [0.2, 0.25) is 0 Å². The zero-order chi connectivity index (χ0) is 23.6. The summed E-state index contributed by atoms with van der Waals surface area (Å²) < 4.78 is 66.8. The average Bonchev–Trinajstić information content (AvgIpc) is 2.81. The molecule has 0 spiro atoms. The van der Waals surface area contributed by atoms with Gasteiger partial charge in [-0.1, -0.05) is 0 Å². The molecule has 1 aromatic heterocycles. The summed E-state index contributed by atoms with van der Waals surface area (Å²) in [6.07, 6.45) is -0.202. The molecule has 176 valence electrons. The molecule has 0 bridgehead atoms. The van der Waals surface area contributed by atoms with Crippen molar-refractivity contribution in [3.8, 4) is 0 Å². The number of halogens is 5. The number of piperazine rings is 1. The molecule has 0 saturated carbocycles. The minimum absolute atomic E-state index is 0.110. The number of aliphatic hydroxyl groups excluding tert-OH is 1. The number of aliphatic hydroxyl groups is 1. The van der Waals surface area contributed by atoms with Crippen LogP contribution < -0.4 is 15.5 Å². The minimum atomic E-state index is -4.50. The molecule has 1 atom stereocenters. The van der Waals surface area contributed by atoms with Gasteiger partial charge in [-0.3, -0.25) is 0 Å². The molecule has 4 rings (SSSR count). The monoisotopic (exact) mass is 468 g/mol. The summed E-state index contributed by atoms with van der Waals surface area (Å²) in [5.74, 6) is -1.57. The fourth-order valence-electron chi connectivity index (χ4n) is 3.75. The van der Waals surface area contributed by atoms with Crippen LogP contribution in [0, 0.1) is 11.6 Å². The van der Waals surface area contributed by atoms with Crippen LogP contribution in [0.3, 0.4) is 0 Å². The Balaban J connectivity index is 1.49. The predicted octanol–water partition coefficient (Wildman–Crippen LogP) is 2.77. The Hall–Kier alpha value is -3.41. The van der Waals surface area contributed by atoms with Crippen LogP contribution in [0.4, 0.5) is 33.5 Å². The van der Waals surface area contributed by atoms with E-state index in [4.69, 9.17) is 0 Å². The quantitative estimate of drug-likeness (QED) is 0.586. The highest BCUT2D eigenvalue weighted by Crippen LogP contribution is 2.35. The second kappa shape index (κ2) is 8.85. The molecule has 2 aliphatic heterocycles. The third-order valence-corrected chi connectivity index (χ3v) is 5.42. The first-order valence-electron chi connectivity index (χ1n) is 10.1. The highest BCUT2D eigenvalue weighted by Gasteiger charge is 2.37. The van der Waals surface area contributed by atoms with Crippen molar-refractivity contribution in [2.24, 2.45) is 4.99 Å². The summed E-state index contributed by atoms with van der Waals surface area (Å²) in [5, 5.41) is 15.8. The summed E-state index contributed by atoms with van der Waals surface area (Å²) in [6, 6.07) is 5.51. The van der Waals surface area contributed by atoms with E-state index in [1.807, 2.05) is 4.90 Å². The first-order chi connectivity index (χ1) is 15.7. The van der Waals surface area contributed by atoms with Crippen LogP contribution in [0.15, 0.2) is 53.4 Å². The SMILES string of the molecule is OCC1(Nc2ccc(F)c(F)c2)C=C(N2CCN(c3ncccc3C(F)(F)F)CC2)NC=N1. The summed E-state index contributed by atoms with van der Waals surface area (Å²) in [4.78, 5) is 11.6. The van der Waals surface area contributed by atoms with Crippen molar-refractivity contribution in [2.45, 2.75) is 11.8 Å². The number of benzene rings is 1. The third kappa shape index (κ3) is 4.85. The largest absolute Gasteiger partial charge is 0.419 e. The molecule has 0 aliphatic carbocycles. The Labute approximate surface area is 186 Å². The first kappa shape index (κ1) is 22.8. The van der Waals surface area contributed by atoms with Crippen LogP contribution in [0.25, 0.3) is 0 Å². The topological polar surface area (TPSA) is 76.0 Å². The van der Waals surface area contributed by atoms with Gasteiger partial charge >= 0.3 is 6.18 Å². The second-order valence-electron chi connectivity index (χ2n) is 7.61. The lowest BCUT2D eigenvalue weighted by Gasteiger charge is -2.40. The van der Waals surface area contributed by atoms with Gasteiger partial charge in [0.1, 0.15) is 11.6 Å². The maximum atomic E-state index is 13.6. The zero-order valence-electron chi connectivity index (χ0n) is 17.3. The second-order valence-corrected chi connectivity index (χ2v) is 7.61. The van der Waals surface area contributed by atoms with Gasteiger partial charge in [0.25, 0.3) is 0 Å². The zero-order valence-corrected chi connectivity index (χ0v) is 17.3. The van der Waals surface area contributed by atoms with E-state index in [1.165, 1.54) is 24.7 Å². The lowest BCUT2D eigenvalue weighted by atomic mass is 10.1. The molecule has 2 aromatic rings. The van der Waals surface area contributed by atoms with Crippen molar-refractivity contribution in [1.29, 1.82) is 0 Å². The first-order valence-corrected chi connectivity index (χ1v) is 10.1. The third-order valence-electron chi connectivity index (χ3n) is 5.42. The number of pyridine rings is 1. The Bertz CT molecular complexity index is 1070. The van der Waals surface area contributed by atoms with Gasteiger partial charge in [0.15, 0.2) is 17.3 Å². The average molecular weight is 468 g/mol. The Kier molecular flexibility index (Phi) is 6.11. The number of rotatable bonds is 5. The summed E-state index contributed by atoms with van der Waals surface area (Å²) in [6.45, 7) is 0.870. The van der Waals surface area contributed by atoms with E-state index < -0.39 is 35.6 Å². The van der Waals surface area contributed by atoms with Gasteiger partial charge < -0.3 is 25.5 Å². The smallest absolute Gasteiger partial charge is 0.392 e. The predicted molar refractivity (Wildman–Crippen MR) is 113 cm³/mol. The highest BCUT2D eigenvalue weighted by molar-refractivity contribution is 5.63. The molecule has 3 heterocycles. The summed E-state index contributed by atoms with van der Waals surface area (Å²) in [5.41, 5.74) is -1.89. The number of aromatic nitrogens is 1. The minimum Gasteiger partial charge on any atom is -0.392 e. The molecule has 33 heavy (non-hydrogen) atoms. The van der Waals surface area contributed by atoms with E-state index in [0.29, 0.717) is 32.0 Å². The van der Waals surface area contributed by atoms with Crippen LogP contribution in [-0.4, -0.2) is 59.8 Å². The number of nitrogens with zero attached hydrogens (tertiary/aromatic N) is 4. The number of nitrogens with one attached hydrogen (secondary N) is 2. The molecule has 1 fully saturated rings. The standard InChI is InChI=1S/C21H21F5N6O/c22-16-4-3-14(10-17(16)23)30-20(12-33)11-18(28-13-29-20)31-6-8-32(9-7-31)19-15(21(24,25)26)2-1-5-27-19/h1-5,10-11,13,30,33H,6-9,12H2,(H,28,29). The van der Waals surface area contributed by atoms with Crippen molar-refractivity contribution in [2.75, 3.05) is 43.0 Å². The maximum Gasteiger partial charge on any atom is 0.419 e. The lowest BCUT2D eigenvalue weighted by molar-refractivity contribution is -0.137. The van der Waals surface area contributed by atoms with Crippen molar-refractivity contribution in [3.63, 3.8) is 0 Å². The molecule has 7 nitrogen and oxygen atoms in total. The molecule has 0 amide bonds. The molecular formula is C21H21F5N6O. The van der Waals surface area contributed by atoms with Crippen LogP contribution in [0.5, 0.6) is 0 Å². The molecular weight excluding hydrogens is 447 g/mol. The molecule has 3 N–H and O–H groups in total.